The molecular weight excluding hydrogens is 1340 g/mol. The van der Waals surface area contributed by atoms with E-state index in [1.165, 1.54) is 142 Å². The van der Waals surface area contributed by atoms with Crippen LogP contribution in [0.2, 0.25) is 0 Å². The average molecular weight is 1450 g/mol. The maximum Gasteiger partial charge on any atom is 0.227 e. The minimum Gasteiger partial charge on any atom is -0.437 e. The zero-order valence-electron chi connectivity index (χ0n) is 68.5. The van der Waals surface area contributed by atoms with Crippen LogP contribution in [0, 0.1) is 94.4 Å². The molecule has 12 heterocycles. The normalized spacial score (nSPS) is 12.8. The second kappa shape index (κ2) is 29.7. The van der Waals surface area contributed by atoms with Gasteiger partial charge in [-0.2, -0.15) is 0 Å². The van der Waals surface area contributed by atoms with Crippen molar-refractivity contribution in [2.24, 2.45) is 39.5 Å². The van der Waals surface area contributed by atoms with Crippen molar-refractivity contribution in [3.05, 3.63) is 236 Å². The Labute approximate surface area is 642 Å². The Kier molecular flexibility index (Phi) is 20.5. The number of aromatic nitrogens is 8. The number of fused-ring (bicyclic) bond motifs is 12. The van der Waals surface area contributed by atoms with Crippen molar-refractivity contribution < 1.29 is 35.9 Å². The zero-order chi connectivity index (χ0) is 77.5. The molecule has 0 atom stereocenters. The van der Waals surface area contributed by atoms with Gasteiger partial charge in [0.25, 0.3) is 0 Å². The molecular formula is C97H108N8O4+4. The summed E-state index contributed by atoms with van der Waals surface area (Å²) in [5.74, 6) is 1.83. The minimum absolute atomic E-state index is 0.246. The van der Waals surface area contributed by atoms with Crippen LogP contribution < -0.4 is 18.3 Å². The summed E-state index contributed by atoms with van der Waals surface area (Å²) < 4.78 is 34.2. The standard InChI is InChI=1S/C25H27N2O.C25H29N2O.C24H27N2O.C23H25N2O/c1-15-13-16(2)23(24-22(15)20-10-9-17(3)26-25(20)28-24)21-14-19(11-12-27(21)4)18-7-5-6-8-18;1-15-12-16(2)22(20-13-18(10-11-27(20)7)14-25(4,5)6)23-21(15)19-9-8-17(3)26-24(19)28-23;1-14(2)11-18-9-10-26(6)20(13-18)22-16(4)12-15(3)21-19-8-7-17(5)25-24(19)27-23(21)22;1-13(2)17-8-10-19(25(6)12-17)21-15(4)11-14(3)20-18-9-7-16(5)24-23(18)26-22(20)21/h9-14,18H,5-8H2,1-4H3;8-13H,14H2,1-7H3;7-10,12-14H,11H2,1-6H3;7-13H,1-6H3/q4*+1. The first-order valence-corrected chi connectivity index (χ1v) is 39.1. The summed E-state index contributed by atoms with van der Waals surface area (Å²) in [6, 6.07) is 44.0. The fourth-order valence-corrected chi connectivity index (χ4v) is 17.0. The van der Waals surface area contributed by atoms with Crippen LogP contribution in [0.4, 0.5) is 0 Å². The number of furan rings is 4. The van der Waals surface area contributed by atoms with Gasteiger partial charge in [0.15, 0.2) is 47.1 Å². The fraction of sp³-hybridized carbons (Fsp3) is 0.340. The quantitative estimate of drug-likeness (QED) is 0.131. The van der Waals surface area contributed by atoms with Gasteiger partial charge in [-0.25, -0.2) is 38.2 Å². The van der Waals surface area contributed by atoms with Gasteiger partial charge in [0.05, 0.1) is 22.3 Å². The van der Waals surface area contributed by atoms with Crippen LogP contribution in [0.5, 0.6) is 0 Å². The van der Waals surface area contributed by atoms with Gasteiger partial charge in [0.1, 0.15) is 28.2 Å². The Morgan fingerprint density at radius 2 is 0.716 bits per heavy atom. The number of aryl methyl sites for hydroxylation is 16. The number of nitrogens with zero attached hydrogens (tertiary/aromatic N) is 8. The molecule has 109 heavy (non-hydrogen) atoms. The van der Waals surface area contributed by atoms with Crippen molar-refractivity contribution in [2.45, 2.75) is 182 Å². The summed E-state index contributed by atoms with van der Waals surface area (Å²) >= 11 is 0. The van der Waals surface area contributed by atoms with Crippen LogP contribution in [0.1, 0.15) is 176 Å². The maximum atomic E-state index is 6.38. The van der Waals surface area contributed by atoms with Crippen molar-refractivity contribution in [1.82, 2.24) is 19.9 Å². The molecule has 12 aromatic heterocycles. The number of pyridine rings is 8. The van der Waals surface area contributed by atoms with E-state index in [0.717, 1.165) is 119 Å². The first kappa shape index (κ1) is 75.1. The Balaban J connectivity index is 0.000000121. The topological polar surface area (TPSA) is 120 Å². The first-order valence-electron chi connectivity index (χ1n) is 39.1. The summed E-state index contributed by atoms with van der Waals surface area (Å²) in [7, 11) is 8.44. The van der Waals surface area contributed by atoms with Crippen molar-refractivity contribution in [3.63, 3.8) is 0 Å². The van der Waals surface area contributed by atoms with E-state index < -0.39 is 0 Å². The predicted molar refractivity (Wildman–Crippen MR) is 446 cm³/mol. The van der Waals surface area contributed by atoms with Gasteiger partial charge in [0.2, 0.25) is 45.6 Å². The summed E-state index contributed by atoms with van der Waals surface area (Å²) in [6.45, 7) is 41.1. The van der Waals surface area contributed by atoms with E-state index >= 15 is 0 Å². The van der Waals surface area contributed by atoms with Gasteiger partial charge in [-0.3, -0.25) is 0 Å². The van der Waals surface area contributed by atoms with Crippen molar-refractivity contribution in [3.8, 4) is 45.0 Å². The second-order valence-corrected chi connectivity index (χ2v) is 33.4. The Morgan fingerprint density at radius 3 is 1.06 bits per heavy atom. The van der Waals surface area contributed by atoms with Crippen molar-refractivity contribution in [1.29, 1.82) is 0 Å². The number of hydrogen-bond acceptors (Lipinski definition) is 8. The molecule has 0 aliphatic heterocycles. The molecule has 0 saturated heterocycles. The minimum atomic E-state index is 0.246. The van der Waals surface area contributed by atoms with Gasteiger partial charge in [-0.15, -0.1) is 0 Å². The van der Waals surface area contributed by atoms with E-state index in [2.05, 4.69) is 310 Å². The lowest BCUT2D eigenvalue weighted by Gasteiger charge is -2.18. The Bertz CT molecular complexity index is 6260. The average Bonchev–Trinajstić information content (AvgIpc) is 1.63. The molecule has 0 radical (unpaired) electrons. The molecule has 17 rings (SSSR count). The first-order chi connectivity index (χ1) is 51.9. The molecule has 0 N–H and O–H groups in total. The van der Waals surface area contributed by atoms with E-state index in [1.807, 2.05) is 33.8 Å². The van der Waals surface area contributed by atoms with Crippen LogP contribution in [0.3, 0.4) is 0 Å². The van der Waals surface area contributed by atoms with Crippen LogP contribution in [-0.2, 0) is 41.0 Å². The van der Waals surface area contributed by atoms with Crippen LogP contribution in [0.15, 0.2) is 164 Å². The maximum absolute atomic E-state index is 6.38. The fourth-order valence-electron chi connectivity index (χ4n) is 17.0. The molecule has 0 amide bonds. The Morgan fingerprint density at radius 1 is 0.376 bits per heavy atom. The third kappa shape index (κ3) is 14.7. The van der Waals surface area contributed by atoms with Crippen molar-refractivity contribution in [2.75, 3.05) is 0 Å². The van der Waals surface area contributed by atoms with Gasteiger partial charge in [-0.1, -0.05) is 85.6 Å². The summed E-state index contributed by atoms with van der Waals surface area (Å²) in [5, 5.41) is 9.08. The van der Waals surface area contributed by atoms with E-state index in [-0.39, 0.29) is 5.41 Å². The highest BCUT2D eigenvalue weighted by Gasteiger charge is 2.30. The van der Waals surface area contributed by atoms with Crippen LogP contribution in [0.25, 0.3) is 133 Å². The van der Waals surface area contributed by atoms with Gasteiger partial charge in [0, 0.05) is 114 Å². The molecule has 0 unspecified atom stereocenters. The van der Waals surface area contributed by atoms with Gasteiger partial charge >= 0.3 is 0 Å². The summed E-state index contributed by atoms with van der Waals surface area (Å²) in [6.07, 6.45) is 16.2. The second-order valence-electron chi connectivity index (χ2n) is 33.4. The van der Waals surface area contributed by atoms with E-state index in [9.17, 15) is 0 Å². The third-order valence-electron chi connectivity index (χ3n) is 22.2. The number of rotatable bonds is 9. The highest BCUT2D eigenvalue weighted by atomic mass is 16.4. The lowest BCUT2D eigenvalue weighted by atomic mass is 9.87. The number of hydrogen-bond donors (Lipinski definition) is 0. The highest BCUT2D eigenvalue weighted by molar-refractivity contribution is 6.14. The van der Waals surface area contributed by atoms with E-state index in [0.29, 0.717) is 17.8 Å². The van der Waals surface area contributed by atoms with E-state index in [1.54, 1.807) is 0 Å². The predicted octanol–water partition coefficient (Wildman–Crippen LogP) is 23.2. The molecule has 556 valence electrons. The number of benzene rings is 4. The largest absolute Gasteiger partial charge is 0.437 e. The van der Waals surface area contributed by atoms with Crippen LogP contribution in [-0.4, -0.2) is 19.9 Å². The van der Waals surface area contributed by atoms with E-state index in [4.69, 9.17) is 17.7 Å². The molecule has 1 fully saturated rings. The van der Waals surface area contributed by atoms with Gasteiger partial charge < -0.3 is 17.7 Å². The molecule has 1 saturated carbocycles. The molecule has 4 aromatic carbocycles. The molecule has 12 nitrogen and oxygen atoms in total. The summed E-state index contributed by atoms with van der Waals surface area (Å²) in [4.78, 5) is 18.5. The molecule has 1 aliphatic rings. The lowest BCUT2D eigenvalue weighted by molar-refractivity contribution is -0.660. The Hall–Kier alpha value is -10.7. The molecule has 12 heteroatoms. The monoisotopic (exact) mass is 1450 g/mol. The molecule has 0 bridgehead atoms. The SMILES string of the molecule is Cc1ccc2c(n1)oc1c(-c3cc(C4CCCC4)cc[n+]3C)c(C)cc(C)c12.Cc1ccc2c(n1)oc1c(-c3cc(CC(C)(C)C)cc[n+]3C)c(C)cc(C)c12.Cc1ccc2c(n1)oc1c(-c3cc(CC(C)C)cc[n+]3C)c(C)cc(C)c12.Cc1ccc2c(n1)oc1c(-c3ccc(C(C)C)c[n+]3C)c(C)cc(C)c12. The van der Waals surface area contributed by atoms with Gasteiger partial charge in [-0.05, 0) is 248 Å². The molecule has 0 spiro atoms. The van der Waals surface area contributed by atoms with Crippen molar-refractivity contribution >= 4 is 88.3 Å². The molecule has 16 aromatic rings. The smallest absolute Gasteiger partial charge is 0.227 e. The third-order valence-corrected chi connectivity index (χ3v) is 22.2. The summed E-state index contributed by atoms with van der Waals surface area (Å²) in [5.41, 5.74) is 35.6. The molecule has 1 aliphatic carbocycles. The zero-order valence-corrected chi connectivity index (χ0v) is 68.5. The van der Waals surface area contributed by atoms with Crippen LogP contribution >= 0.6 is 0 Å². The highest BCUT2D eigenvalue weighted by Crippen LogP contribution is 2.45. The lowest BCUT2D eigenvalue weighted by Crippen LogP contribution is -2.31.